The van der Waals surface area contributed by atoms with Crippen LogP contribution in [0, 0.1) is 5.92 Å². The average Bonchev–Trinajstić information content (AvgIpc) is 2.29. The van der Waals surface area contributed by atoms with Gasteiger partial charge in [-0.15, -0.1) is 0 Å². The fourth-order valence-electron chi connectivity index (χ4n) is 1.65. The predicted octanol–water partition coefficient (Wildman–Crippen LogP) is 2.24. The van der Waals surface area contributed by atoms with Crippen LogP contribution in [0.5, 0.6) is 0 Å². The van der Waals surface area contributed by atoms with Crippen LogP contribution in [0.25, 0.3) is 0 Å². The maximum absolute atomic E-state index is 13.1. The van der Waals surface area contributed by atoms with Gasteiger partial charge in [0.25, 0.3) is 0 Å². The lowest BCUT2D eigenvalue weighted by atomic mass is 9.87. The van der Waals surface area contributed by atoms with Gasteiger partial charge in [0.1, 0.15) is 0 Å². The Balaban J connectivity index is 2.88. The van der Waals surface area contributed by atoms with Gasteiger partial charge in [-0.25, -0.2) is 4.79 Å². The van der Waals surface area contributed by atoms with Crippen molar-refractivity contribution in [1.82, 2.24) is 0 Å². The van der Waals surface area contributed by atoms with Gasteiger partial charge in [0.2, 0.25) is 0 Å². The summed E-state index contributed by atoms with van der Waals surface area (Å²) in [6, 6.07) is 0. The smallest absolute Gasteiger partial charge is 0.374 e. The van der Waals surface area contributed by atoms with E-state index in [1.165, 1.54) is 11.8 Å². The number of carboxylic acids is 1. The molecule has 0 radical (unpaired) electrons. The molecular weight excluding hydrogens is 198 g/mol. The summed E-state index contributed by atoms with van der Waals surface area (Å²) >= 11 is 1.41. The lowest BCUT2D eigenvalue weighted by molar-refractivity contribution is -0.174. The Morgan fingerprint density at radius 2 is 2.15 bits per heavy atom. The van der Waals surface area contributed by atoms with Gasteiger partial charge in [-0.2, -0.15) is 20.5 Å². The Kier molecular flexibility index (Phi) is 2.58. The van der Waals surface area contributed by atoms with Crippen LogP contribution in [0.15, 0.2) is 0 Å². The van der Waals surface area contributed by atoms with Crippen molar-refractivity contribution in [2.45, 2.75) is 30.9 Å². The van der Waals surface area contributed by atoms with Crippen LogP contribution in [-0.4, -0.2) is 27.5 Å². The number of alkyl halides is 2. The molecule has 0 aliphatic carbocycles. The van der Waals surface area contributed by atoms with E-state index in [2.05, 4.69) is 0 Å². The summed E-state index contributed by atoms with van der Waals surface area (Å²) in [7, 11) is 0. The summed E-state index contributed by atoms with van der Waals surface area (Å²) in [5.41, 5.74) is 0. The Bertz CT molecular complexity index is 228. The number of thioether (sulfide) groups is 1. The number of hydrogen-bond acceptors (Lipinski definition) is 2. The molecule has 1 N–H and O–H groups in total. The van der Waals surface area contributed by atoms with E-state index in [4.69, 9.17) is 5.11 Å². The quantitative estimate of drug-likeness (QED) is 0.759. The van der Waals surface area contributed by atoms with Crippen molar-refractivity contribution in [2.24, 2.45) is 5.92 Å². The summed E-state index contributed by atoms with van der Waals surface area (Å²) in [6.07, 6.45) is 0.275. The second-order valence-electron chi connectivity index (χ2n) is 3.72. The third kappa shape index (κ3) is 1.80. The molecule has 1 saturated heterocycles. The van der Waals surface area contributed by atoms with Crippen molar-refractivity contribution < 1.29 is 18.7 Å². The number of carboxylic acid groups (broad SMARTS) is 1. The zero-order valence-corrected chi connectivity index (χ0v) is 8.33. The van der Waals surface area contributed by atoms with Crippen LogP contribution in [0.2, 0.25) is 0 Å². The van der Waals surface area contributed by atoms with Crippen molar-refractivity contribution in [2.75, 3.05) is 5.75 Å². The highest BCUT2D eigenvalue weighted by Crippen LogP contribution is 2.49. The molecule has 0 saturated carbocycles. The summed E-state index contributed by atoms with van der Waals surface area (Å²) < 4.78 is 25.6. The Morgan fingerprint density at radius 1 is 1.62 bits per heavy atom. The van der Waals surface area contributed by atoms with E-state index in [1.807, 2.05) is 0 Å². The van der Waals surface area contributed by atoms with E-state index in [0.717, 1.165) is 0 Å². The van der Waals surface area contributed by atoms with Crippen molar-refractivity contribution >= 4 is 17.7 Å². The largest absolute Gasteiger partial charge is 0.477 e. The molecule has 0 amide bonds. The number of aliphatic carboxylic acids is 1. The predicted molar refractivity (Wildman–Crippen MR) is 47.2 cm³/mol. The second kappa shape index (κ2) is 3.12. The van der Waals surface area contributed by atoms with E-state index in [0.29, 0.717) is 5.75 Å². The molecule has 0 aromatic carbocycles. The van der Waals surface area contributed by atoms with E-state index >= 15 is 0 Å². The summed E-state index contributed by atoms with van der Waals surface area (Å²) in [5, 5.41) is 8.37. The molecule has 0 bridgehead atoms. The van der Waals surface area contributed by atoms with Gasteiger partial charge >= 0.3 is 11.9 Å². The zero-order chi connectivity index (χ0) is 10.3. The SMILES string of the molecule is CC1(C)SCCC1C(F)(F)C(=O)O. The number of carbonyl (C=O) groups is 1. The van der Waals surface area contributed by atoms with E-state index < -0.39 is 22.6 Å². The first-order valence-electron chi connectivity index (χ1n) is 4.03. The second-order valence-corrected chi connectivity index (χ2v) is 5.47. The first-order chi connectivity index (χ1) is 5.78. The van der Waals surface area contributed by atoms with E-state index in [1.54, 1.807) is 13.8 Å². The van der Waals surface area contributed by atoms with Crippen LogP contribution in [0.1, 0.15) is 20.3 Å². The minimum absolute atomic E-state index is 0.275. The van der Waals surface area contributed by atoms with E-state index in [9.17, 15) is 13.6 Å². The highest BCUT2D eigenvalue weighted by atomic mass is 32.2. The highest BCUT2D eigenvalue weighted by molar-refractivity contribution is 8.00. The summed E-state index contributed by atoms with van der Waals surface area (Å²) in [6.45, 7) is 3.35. The number of halogens is 2. The fourth-order valence-corrected chi connectivity index (χ4v) is 3.00. The van der Waals surface area contributed by atoms with E-state index in [-0.39, 0.29) is 6.42 Å². The Hall–Kier alpha value is -0.320. The Labute approximate surface area is 79.7 Å². The van der Waals surface area contributed by atoms with Crippen molar-refractivity contribution in [3.05, 3.63) is 0 Å². The molecule has 1 aliphatic rings. The molecule has 1 unspecified atom stereocenters. The molecule has 5 heteroatoms. The lowest BCUT2D eigenvalue weighted by Gasteiger charge is -2.30. The standard InChI is InChI=1S/C8H12F2O2S/c1-7(2)5(3-4-13-7)8(9,10)6(11)12/h5H,3-4H2,1-2H3,(H,11,12). The van der Waals surface area contributed by atoms with Crippen LogP contribution >= 0.6 is 11.8 Å². The molecule has 1 heterocycles. The molecule has 2 nitrogen and oxygen atoms in total. The minimum atomic E-state index is -3.59. The molecule has 1 aliphatic heterocycles. The maximum Gasteiger partial charge on any atom is 0.374 e. The molecule has 13 heavy (non-hydrogen) atoms. The van der Waals surface area contributed by atoms with Gasteiger partial charge in [-0.05, 0) is 12.2 Å². The van der Waals surface area contributed by atoms with Gasteiger partial charge in [-0.3, -0.25) is 0 Å². The lowest BCUT2D eigenvalue weighted by Crippen LogP contribution is -2.44. The molecule has 0 aromatic rings. The van der Waals surface area contributed by atoms with Gasteiger partial charge in [0.05, 0.1) is 0 Å². The first kappa shape index (κ1) is 10.8. The van der Waals surface area contributed by atoms with Crippen molar-refractivity contribution in [3.8, 4) is 0 Å². The number of rotatable bonds is 2. The van der Waals surface area contributed by atoms with Crippen molar-refractivity contribution in [1.29, 1.82) is 0 Å². The monoisotopic (exact) mass is 210 g/mol. The Morgan fingerprint density at radius 3 is 2.46 bits per heavy atom. The van der Waals surface area contributed by atoms with Crippen LogP contribution in [-0.2, 0) is 4.79 Å². The molecular formula is C8H12F2O2S. The average molecular weight is 210 g/mol. The van der Waals surface area contributed by atoms with Crippen LogP contribution in [0.3, 0.4) is 0 Å². The first-order valence-corrected chi connectivity index (χ1v) is 5.02. The van der Waals surface area contributed by atoms with Crippen molar-refractivity contribution in [3.63, 3.8) is 0 Å². The fraction of sp³-hybridized carbons (Fsp3) is 0.875. The van der Waals surface area contributed by atoms with Gasteiger partial charge in [-0.1, -0.05) is 13.8 Å². The van der Waals surface area contributed by atoms with Gasteiger partial charge < -0.3 is 5.11 Å². The summed E-state index contributed by atoms with van der Waals surface area (Å²) in [5.74, 6) is -6.04. The van der Waals surface area contributed by atoms with Gasteiger partial charge in [0.15, 0.2) is 0 Å². The molecule has 1 rings (SSSR count). The maximum atomic E-state index is 13.1. The topological polar surface area (TPSA) is 37.3 Å². The van der Waals surface area contributed by atoms with Crippen LogP contribution < -0.4 is 0 Å². The molecule has 0 spiro atoms. The highest BCUT2D eigenvalue weighted by Gasteiger charge is 2.56. The molecule has 0 aromatic heterocycles. The minimum Gasteiger partial charge on any atom is -0.477 e. The summed E-state index contributed by atoms with van der Waals surface area (Å²) in [4.78, 5) is 10.3. The zero-order valence-electron chi connectivity index (χ0n) is 7.51. The normalized spacial score (nSPS) is 27.5. The third-order valence-corrected chi connectivity index (χ3v) is 3.91. The molecule has 1 fully saturated rings. The third-order valence-electron chi connectivity index (χ3n) is 2.44. The molecule has 76 valence electrons. The van der Waals surface area contributed by atoms with Crippen LogP contribution in [0.4, 0.5) is 8.78 Å². The van der Waals surface area contributed by atoms with Gasteiger partial charge in [0, 0.05) is 10.7 Å². The number of hydrogen-bond donors (Lipinski definition) is 1. The molecule has 1 atom stereocenters.